The van der Waals surface area contributed by atoms with Gasteiger partial charge in [-0.25, -0.2) is 4.99 Å². The normalized spacial score (nSPS) is 22.2. The highest BCUT2D eigenvalue weighted by Gasteiger charge is 2.41. The fourth-order valence-electron chi connectivity index (χ4n) is 1.47. The van der Waals surface area contributed by atoms with Crippen molar-refractivity contribution in [3.63, 3.8) is 0 Å². The molecule has 0 saturated carbocycles. The Morgan fingerprint density at radius 3 is 2.08 bits per heavy atom. The van der Waals surface area contributed by atoms with Gasteiger partial charge in [0.25, 0.3) is 5.66 Å². The van der Waals surface area contributed by atoms with Gasteiger partial charge in [-0.1, -0.05) is 15.9 Å². The van der Waals surface area contributed by atoms with E-state index in [1.165, 1.54) is 0 Å². The van der Waals surface area contributed by atoms with Crippen molar-refractivity contribution in [1.29, 1.82) is 0 Å². The fourth-order valence-corrected chi connectivity index (χ4v) is 1.85. The van der Waals surface area contributed by atoms with Gasteiger partial charge >= 0.3 is 0 Å². The minimum absolute atomic E-state index is 0.229. The number of hydroxylamine groups is 1. The Bertz CT molecular complexity index is 297. The fraction of sp³-hybridized carbons (Fsp3) is 0.778. The molecule has 0 radical (unpaired) electrons. The lowest BCUT2D eigenvalue weighted by molar-refractivity contribution is -0.532. The van der Waals surface area contributed by atoms with Gasteiger partial charge in [-0.2, -0.15) is 4.74 Å². The lowest BCUT2D eigenvalue weighted by atomic mass is 10.0. The molecule has 0 aromatic rings. The number of aliphatic imine (C=N–C) groups is 1. The lowest BCUT2D eigenvalue weighted by Gasteiger charge is -2.14. The summed E-state index contributed by atoms with van der Waals surface area (Å²) in [5, 5.41) is 11.6. The molecule has 1 heterocycles. The van der Waals surface area contributed by atoms with Crippen LogP contribution >= 0.6 is 15.9 Å². The average molecular weight is 247 g/mol. The van der Waals surface area contributed by atoms with Crippen LogP contribution < -0.4 is 0 Å². The molecule has 0 bridgehead atoms. The quantitative estimate of drug-likeness (QED) is 0.398. The van der Waals surface area contributed by atoms with E-state index in [0.717, 1.165) is 10.5 Å². The molecule has 0 atom stereocenters. The maximum absolute atomic E-state index is 11.6. The number of hydrogen-bond donors (Lipinski definition) is 0. The maximum Gasteiger partial charge on any atom is 0.260 e. The SMILES string of the molecule is CC1=[N+]([O-])C(C)(C)N=C1C(C)(C)Br. The molecule has 0 unspecified atom stereocenters. The van der Waals surface area contributed by atoms with E-state index < -0.39 is 5.66 Å². The van der Waals surface area contributed by atoms with Crippen LogP contribution in [0, 0.1) is 5.21 Å². The Hall–Kier alpha value is -0.380. The zero-order chi connectivity index (χ0) is 10.4. The summed E-state index contributed by atoms with van der Waals surface area (Å²) in [6, 6.07) is 0. The smallest absolute Gasteiger partial charge is 0.260 e. The first-order valence-electron chi connectivity index (χ1n) is 4.27. The van der Waals surface area contributed by atoms with Crippen molar-refractivity contribution in [3.8, 4) is 0 Å². The molecule has 0 saturated heterocycles. The molecule has 0 fully saturated rings. The molecule has 0 amide bonds. The van der Waals surface area contributed by atoms with Crippen molar-refractivity contribution in [2.45, 2.75) is 44.6 Å². The van der Waals surface area contributed by atoms with Crippen molar-refractivity contribution in [1.82, 2.24) is 0 Å². The average Bonchev–Trinajstić information content (AvgIpc) is 2.12. The zero-order valence-electron chi connectivity index (χ0n) is 8.68. The zero-order valence-corrected chi connectivity index (χ0v) is 10.3. The topological polar surface area (TPSA) is 38.4 Å². The Morgan fingerprint density at radius 2 is 1.92 bits per heavy atom. The second-order valence-electron chi connectivity index (χ2n) is 4.31. The van der Waals surface area contributed by atoms with Crippen LogP contribution in [0.2, 0.25) is 0 Å². The van der Waals surface area contributed by atoms with Crippen LogP contribution in [0.15, 0.2) is 4.99 Å². The summed E-state index contributed by atoms with van der Waals surface area (Å²) in [6.45, 7) is 9.42. The monoisotopic (exact) mass is 246 g/mol. The molecule has 0 spiro atoms. The Labute approximate surface area is 87.3 Å². The van der Waals surface area contributed by atoms with Crippen LogP contribution in [0.1, 0.15) is 34.6 Å². The molecule has 0 N–H and O–H groups in total. The maximum atomic E-state index is 11.6. The highest BCUT2D eigenvalue weighted by Crippen LogP contribution is 2.27. The van der Waals surface area contributed by atoms with E-state index >= 15 is 0 Å². The van der Waals surface area contributed by atoms with Crippen molar-refractivity contribution in [2.24, 2.45) is 4.99 Å². The van der Waals surface area contributed by atoms with E-state index in [1.807, 2.05) is 34.6 Å². The second-order valence-corrected chi connectivity index (χ2v) is 6.29. The third kappa shape index (κ3) is 1.77. The number of hydrogen-bond acceptors (Lipinski definition) is 2. The molecule has 74 valence electrons. The van der Waals surface area contributed by atoms with Crippen LogP contribution in [0.5, 0.6) is 0 Å². The van der Waals surface area contributed by atoms with Crippen molar-refractivity contribution in [2.75, 3.05) is 0 Å². The predicted octanol–water partition coefficient (Wildman–Crippen LogP) is 2.32. The van der Waals surface area contributed by atoms with Crippen LogP contribution in [0.25, 0.3) is 0 Å². The molecule has 0 aromatic carbocycles. The summed E-state index contributed by atoms with van der Waals surface area (Å²) in [6.07, 6.45) is 0. The van der Waals surface area contributed by atoms with E-state index in [1.54, 1.807) is 0 Å². The first-order valence-corrected chi connectivity index (χ1v) is 5.06. The molecular formula is C9H15BrN2O. The summed E-state index contributed by atoms with van der Waals surface area (Å²) in [5.41, 5.74) is 0.893. The van der Waals surface area contributed by atoms with Crippen LogP contribution in [0.4, 0.5) is 0 Å². The van der Waals surface area contributed by atoms with Crippen LogP contribution in [-0.2, 0) is 0 Å². The van der Waals surface area contributed by atoms with Crippen LogP contribution in [0.3, 0.4) is 0 Å². The van der Waals surface area contributed by atoms with E-state index in [2.05, 4.69) is 20.9 Å². The summed E-state index contributed by atoms with van der Waals surface area (Å²) in [5.74, 6) is 0. The highest BCUT2D eigenvalue weighted by atomic mass is 79.9. The molecule has 0 aromatic heterocycles. The van der Waals surface area contributed by atoms with Gasteiger partial charge in [0.05, 0.1) is 4.32 Å². The van der Waals surface area contributed by atoms with E-state index in [-0.39, 0.29) is 4.32 Å². The van der Waals surface area contributed by atoms with Gasteiger partial charge in [-0.05, 0) is 13.8 Å². The molecule has 3 nitrogen and oxygen atoms in total. The Balaban J connectivity index is 3.20. The highest BCUT2D eigenvalue weighted by molar-refractivity contribution is 9.10. The molecule has 1 rings (SSSR count). The van der Waals surface area contributed by atoms with Gasteiger partial charge in [0, 0.05) is 20.8 Å². The van der Waals surface area contributed by atoms with Gasteiger partial charge in [-0.3, -0.25) is 0 Å². The molecule has 13 heavy (non-hydrogen) atoms. The third-order valence-electron chi connectivity index (χ3n) is 2.09. The molecule has 1 aliphatic rings. The van der Waals surface area contributed by atoms with Gasteiger partial charge in [-0.15, -0.1) is 0 Å². The van der Waals surface area contributed by atoms with Crippen molar-refractivity contribution < 1.29 is 4.74 Å². The van der Waals surface area contributed by atoms with E-state index in [0.29, 0.717) is 5.71 Å². The predicted molar refractivity (Wildman–Crippen MR) is 58.8 cm³/mol. The van der Waals surface area contributed by atoms with Gasteiger partial charge in [0.15, 0.2) is 0 Å². The Kier molecular flexibility index (Phi) is 2.31. The van der Waals surface area contributed by atoms with E-state index in [9.17, 15) is 5.21 Å². The summed E-state index contributed by atoms with van der Waals surface area (Å²) in [4.78, 5) is 4.40. The second kappa shape index (κ2) is 2.80. The molecule has 1 aliphatic heterocycles. The van der Waals surface area contributed by atoms with Crippen LogP contribution in [-0.4, -0.2) is 26.1 Å². The summed E-state index contributed by atoms with van der Waals surface area (Å²) in [7, 11) is 0. The Morgan fingerprint density at radius 1 is 1.46 bits per heavy atom. The first-order chi connectivity index (χ1) is 5.66. The molecule has 0 aliphatic carbocycles. The number of halogens is 1. The standard InChI is InChI=1S/C9H15BrN2O/c1-6-7(8(2,3)10)11-9(4,5)12(6)13/h1-5H3. The molecular weight excluding hydrogens is 232 g/mol. The number of alkyl halides is 1. The summed E-state index contributed by atoms with van der Waals surface area (Å²) >= 11 is 3.51. The van der Waals surface area contributed by atoms with Gasteiger partial charge in [0.1, 0.15) is 5.71 Å². The number of nitrogens with zero attached hydrogens (tertiary/aromatic N) is 2. The third-order valence-corrected chi connectivity index (χ3v) is 2.47. The minimum Gasteiger partial charge on any atom is -0.622 e. The lowest BCUT2D eigenvalue weighted by Crippen LogP contribution is -2.31. The van der Waals surface area contributed by atoms with Gasteiger partial charge in [0.2, 0.25) is 5.71 Å². The van der Waals surface area contributed by atoms with Crippen molar-refractivity contribution in [3.05, 3.63) is 5.21 Å². The molecule has 4 heteroatoms. The van der Waals surface area contributed by atoms with Gasteiger partial charge < -0.3 is 5.21 Å². The van der Waals surface area contributed by atoms with Crippen molar-refractivity contribution >= 4 is 27.4 Å². The minimum atomic E-state index is -0.648. The largest absolute Gasteiger partial charge is 0.622 e. The first kappa shape index (κ1) is 10.7. The van der Waals surface area contributed by atoms with E-state index in [4.69, 9.17) is 0 Å². The summed E-state index contributed by atoms with van der Waals surface area (Å²) < 4.78 is 0.735. The number of rotatable bonds is 1.